The molecule has 0 aliphatic heterocycles. The molecule has 0 aromatic heterocycles. The summed E-state index contributed by atoms with van der Waals surface area (Å²) in [5.74, 6) is -1.43. The van der Waals surface area contributed by atoms with Crippen LogP contribution < -0.4 is 0 Å². The fourth-order valence-electron chi connectivity index (χ4n) is 4.22. The Bertz CT molecular complexity index is 887. The number of benzene rings is 2. The third-order valence-electron chi connectivity index (χ3n) is 5.19. The summed E-state index contributed by atoms with van der Waals surface area (Å²) < 4.78 is 37.2. The molecule has 1 unspecified atom stereocenters. The molecule has 130 valence electrons. The molecular formula is C19H17O5S-. The summed E-state index contributed by atoms with van der Waals surface area (Å²) in [4.78, 5) is 12.6. The summed E-state index contributed by atoms with van der Waals surface area (Å²) in [6.45, 7) is -0.387. The standard InChI is InChI=1S/C19H18O5S/c20-19(24-9-10-25(21,22)23)17-11-16-12-5-1-3-7-14(12)18(17)15-8-4-2-6-13(15)16/h1-8,16-18H,9-11H2,(H,21,22,23)/p-1. The number of hydrogen-bond donors (Lipinski definition) is 0. The van der Waals surface area contributed by atoms with Crippen molar-refractivity contribution in [1.29, 1.82) is 0 Å². The first-order chi connectivity index (χ1) is 12.0. The Morgan fingerprint density at radius 1 is 1.00 bits per heavy atom. The van der Waals surface area contributed by atoms with Gasteiger partial charge in [0.05, 0.1) is 21.8 Å². The van der Waals surface area contributed by atoms with Gasteiger partial charge in [-0.15, -0.1) is 0 Å². The van der Waals surface area contributed by atoms with Gasteiger partial charge >= 0.3 is 5.97 Å². The molecule has 6 heteroatoms. The van der Waals surface area contributed by atoms with E-state index in [4.69, 9.17) is 4.74 Å². The van der Waals surface area contributed by atoms with E-state index in [1.807, 2.05) is 36.4 Å². The number of hydrogen-bond acceptors (Lipinski definition) is 5. The molecule has 25 heavy (non-hydrogen) atoms. The third-order valence-corrected chi connectivity index (χ3v) is 5.85. The lowest BCUT2D eigenvalue weighted by molar-refractivity contribution is -0.149. The van der Waals surface area contributed by atoms with Gasteiger partial charge in [0.15, 0.2) is 0 Å². The lowest BCUT2D eigenvalue weighted by atomic mass is 9.59. The van der Waals surface area contributed by atoms with Crippen molar-refractivity contribution in [2.24, 2.45) is 5.92 Å². The molecule has 5 nitrogen and oxygen atoms in total. The number of carbonyl (C=O) groups is 1. The van der Waals surface area contributed by atoms with Gasteiger partial charge in [-0.2, -0.15) is 0 Å². The monoisotopic (exact) mass is 357 g/mol. The first kappa shape index (κ1) is 16.3. The van der Waals surface area contributed by atoms with Crippen molar-refractivity contribution in [1.82, 2.24) is 0 Å². The predicted octanol–water partition coefficient (Wildman–Crippen LogP) is 2.37. The van der Waals surface area contributed by atoms with Crippen LogP contribution in [0, 0.1) is 5.92 Å². The molecule has 0 amide bonds. The Morgan fingerprint density at radius 2 is 1.52 bits per heavy atom. The van der Waals surface area contributed by atoms with Crippen LogP contribution in [0.15, 0.2) is 48.5 Å². The number of ether oxygens (including phenoxy) is 1. The van der Waals surface area contributed by atoms with Crippen molar-refractivity contribution in [3.05, 3.63) is 70.8 Å². The molecule has 1 atom stereocenters. The van der Waals surface area contributed by atoms with Gasteiger partial charge in [-0.25, -0.2) is 8.42 Å². The molecule has 0 saturated heterocycles. The normalized spacial score (nSPS) is 23.6. The minimum Gasteiger partial charge on any atom is -0.748 e. The van der Waals surface area contributed by atoms with Crippen LogP contribution in [0.5, 0.6) is 0 Å². The van der Waals surface area contributed by atoms with Gasteiger partial charge in [0.1, 0.15) is 6.61 Å². The second-order valence-electron chi connectivity index (χ2n) is 6.56. The van der Waals surface area contributed by atoms with E-state index in [9.17, 15) is 17.8 Å². The lowest BCUT2D eigenvalue weighted by Crippen LogP contribution is -2.37. The molecule has 0 fully saturated rings. The van der Waals surface area contributed by atoms with E-state index in [0.29, 0.717) is 6.42 Å². The minimum absolute atomic E-state index is 0.0891. The van der Waals surface area contributed by atoms with E-state index in [2.05, 4.69) is 12.1 Å². The van der Waals surface area contributed by atoms with Crippen LogP contribution in [-0.2, 0) is 19.6 Å². The summed E-state index contributed by atoms with van der Waals surface area (Å²) in [6, 6.07) is 16.3. The Kier molecular flexibility index (Phi) is 3.89. The van der Waals surface area contributed by atoms with Crippen LogP contribution in [-0.4, -0.2) is 31.3 Å². The van der Waals surface area contributed by atoms with Crippen LogP contribution in [0.2, 0.25) is 0 Å². The Labute approximate surface area is 146 Å². The second-order valence-corrected chi connectivity index (χ2v) is 8.08. The van der Waals surface area contributed by atoms with Gasteiger partial charge in [-0.05, 0) is 28.7 Å². The average Bonchev–Trinajstić information content (AvgIpc) is 2.60. The number of fused-ring (bicyclic) bond motifs is 1. The highest BCUT2D eigenvalue weighted by Gasteiger charge is 2.46. The van der Waals surface area contributed by atoms with Crippen LogP contribution in [0.3, 0.4) is 0 Å². The molecule has 5 rings (SSSR count). The highest BCUT2D eigenvalue weighted by atomic mass is 32.2. The highest BCUT2D eigenvalue weighted by Crippen LogP contribution is 2.55. The summed E-state index contributed by atoms with van der Waals surface area (Å²) >= 11 is 0. The van der Waals surface area contributed by atoms with Gasteiger partial charge in [-0.3, -0.25) is 4.79 Å². The first-order valence-corrected chi connectivity index (χ1v) is 9.81. The van der Waals surface area contributed by atoms with Crippen molar-refractivity contribution in [2.75, 3.05) is 12.4 Å². The lowest BCUT2D eigenvalue weighted by Gasteiger charge is -2.44. The van der Waals surface area contributed by atoms with Crippen molar-refractivity contribution in [2.45, 2.75) is 18.3 Å². The van der Waals surface area contributed by atoms with E-state index >= 15 is 0 Å². The Hall–Kier alpha value is -2.18. The Balaban J connectivity index is 1.65. The van der Waals surface area contributed by atoms with Crippen molar-refractivity contribution >= 4 is 16.1 Å². The van der Waals surface area contributed by atoms with E-state index in [1.54, 1.807) is 0 Å². The van der Waals surface area contributed by atoms with E-state index in [-0.39, 0.29) is 24.4 Å². The maximum Gasteiger partial charge on any atom is 0.309 e. The molecule has 0 radical (unpaired) electrons. The van der Waals surface area contributed by atoms with Crippen LogP contribution in [0.4, 0.5) is 0 Å². The smallest absolute Gasteiger partial charge is 0.309 e. The number of rotatable bonds is 4. The van der Waals surface area contributed by atoms with Crippen LogP contribution in [0.25, 0.3) is 0 Å². The van der Waals surface area contributed by atoms with Crippen LogP contribution in [0.1, 0.15) is 40.5 Å². The van der Waals surface area contributed by atoms with Crippen molar-refractivity contribution < 1.29 is 22.5 Å². The number of esters is 1. The van der Waals surface area contributed by atoms with Gasteiger partial charge in [0.2, 0.25) is 0 Å². The fourth-order valence-corrected chi connectivity index (χ4v) is 4.51. The Morgan fingerprint density at radius 3 is 2.04 bits per heavy atom. The topological polar surface area (TPSA) is 83.5 Å². The zero-order valence-electron chi connectivity index (χ0n) is 13.4. The molecule has 2 aromatic carbocycles. The molecule has 0 spiro atoms. The minimum atomic E-state index is -4.39. The summed E-state index contributed by atoms with van der Waals surface area (Å²) in [5, 5.41) is 0. The maximum absolute atomic E-state index is 12.6. The molecule has 0 N–H and O–H groups in total. The van der Waals surface area contributed by atoms with Gasteiger partial charge in [0.25, 0.3) is 0 Å². The van der Waals surface area contributed by atoms with E-state index in [1.165, 1.54) is 11.1 Å². The summed E-state index contributed by atoms with van der Waals surface area (Å²) in [6.07, 6.45) is 0.641. The molecular weight excluding hydrogens is 340 g/mol. The third kappa shape index (κ3) is 2.85. The second kappa shape index (κ2) is 5.97. The van der Waals surface area contributed by atoms with Crippen molar-refractivity contribution in [3.63, 3.8) is 0 Å². The number of carbonyl (C=O) groups excluding carboxylic acids is 1. The molecule has 3 aliphatic rings. The van der Waals surface area contributed by atoms with E-state index < -0.39 is 21.8 Å². The largest absolute Gasteiger partial charge is 0.748 e. The van der Waals surface area contributed by atoms with Crippen LogP contribution >= 0.6 is 0 Å². The van der Waals surface area contributed by atoms with Gasteiger partial charge < -0.3 is 9.29 Å². The van der Waals surface area contributed by atoms with Gasteiger partial charge in [0, 0.05) is 11.8 Å². The quantitative estimate of drug-likeness (QED) is 0.620. The SMILES string of the molecule is O=C(OCCS(=O)(=O)[O-])C1CC2c3ccccc3C1c1ccccc12. The maximum atomic E-state index is 12.6. The van der Waals surface area contributed by atoms with Gasteiger partial charge in [-0.1, -0.05) is 48.5 Å². The predicted molar refractivity (Wildman–Crippen MR) is 90.2 cm³/mol. The molecule has 0 saturated carbocycles. The first-order valence-electron chi connectivity index (χ1n) is 8.23. The molecule has 2 aromatic rings. The fraction of sp³-hybridized carbons (Fsp3) is 0.316. The highest BCUT2D eigenvalue weighted by molar-refractivity contribution is 7.85. The molecule has 2 bridgehead atoms. The molecule has 0 heterocycles. The summed E-state index contributed by atoms with van der Waals surface area (Å²) in [5.41, 5.74) is 4.77. The van der Waals surface area contributed by atoms with Crippen molar-refractivity contribution in [3.8, 4) is 0 Å². The molecule has 3 aliphatic carbocycles. The average molecular weight is 357 g/mol. The zero-order chi connectivity index (χ0) is 17.6. The van der Waals surface area contributed by atoms with E-state index in [0.717, 1.165) is 11.1 Å². The summed E-state index contributed by atoms with van der Waals surface area (Å²) in [7, 11) is -4.39. The zero-order valence-corrected chi connectivity index (χ0v) is 14.2.